The standard InChI is InChI=1S/C22H24ClNO4S/c1-15(14-28-17(3)26)13-21(24-16(2)25)22-11-10-20(29-22)5-4-12-27-19-8-6-18(23)7-9-19/h6-11,15,21H,12-14H2,1-3H3,(H,24,25)/t15-,21?/m1/s1. The number of nitrogens with one attached hydrogen (secondary N) is 1. The predicted octanol–water partition coefficient (Wildman–Crippen LogP) is 4.60. The number of hydrogen-bond donors (Lipinski definition) is 1. The monoisotopic (exact) mass is 433 g/mol. The molecule has 1 amide bonds. The predicted molar refractivity (Wildman–Crippen MR) is 115 cm³/mol. The molecule has 0 spiro atoms. The lowest BCUT2D eigenvalue weighted by atomic mass is 10.0. The molecule has 7 heteroatoms. The van der Waals surface area contributed by atoms with Gasteiger partial charge in [-0.15, -0.1) is 11.3 Å². The van der Waals surface area contributed by atoms with Crippen molar-refractivity contribution in [2.45, 2.75) is 33.2 Å². The number of hydrogen-bond acceptors (Lipinski definition) is 5. The van der Waals surface area contributed by atoms with Crippen LogP contribution in [0.5, 0.6) is 5.75 Å². The molecule has 1 aromatic heterocycles. The number of benzene rings is 1. The lowest BCUT2D eigenvalue weighted by Gasteiger charge is -2.20. The highest BCUT2D eigenvalue weighted by molar-refractivity contribution is 7.12. The Hall–Kier alpha value is -2.49. The third-order valence-corrected chi connectivity index (χ3v) is 5.26. The Morgan fingerprint density at radius 2 is 1.90 bits per heavy atom. The Bertz CT molecular complexity index is 882. The number of halogens is 1. The number of esters is 1. The highest BCUT2D eigenvalue weighted by Gasteiger charge is 2.19. The molecule has 1 heterocycles. The van der Waals surface area contributed by atoms with Crippen molar-refractivity contribution < 1.29 is 19.1 Å². The van der Waals surface area contributed by atoms with Crippen LogP contribution < -0.4 is 10.1 Å². The van der Waals surface area contributed by atoms with Gasteiger partial charge in [0.2, 0.25) is 5.91 Å². The van der Waals surface area contributed by atoms with Crippen LogP contribution in [0.15, 0.2) is 36.4 Å². The van der Waals surface area contributed by atoms with Crippen molar-refractivity contribution in [2.24, 2.45) is 5.92 Å². The summed E-state index contributed by atoms with van der Waals surface area (Å²) in [6.07, 6.45) is 0.667. The maximum Gasteiger partial charge on any atom is 0.302 e. The van der Waals surface area contributed by atoms with Crippen molar-refractivity contribution in [1.29, 1.82) is 0 Å². The molecule has 2 rings (SSSR count). The van der Waals surface area contributed by atoms with Gasteiger partial charge in [-0.25, -0.2) is 0 Å². The third-order valence-electron chi connectivity index (χ3n) is 3.89. The lowest BCUT2D eigenvalue weighted by molar-refractivity contribution is -0.142. The smallest absolute Gasteiger partial charge is 0.302 e. The van der Waals surface area contributed by atoms with Gasteiger partial charge in [0.1, 0.15) is 12.4 Å². The van der Waals surface area contributed by atoms with Gasteiger partial charge in [-0.1, -0.05) is 30.4 Å². The Balaban J connectivity index is 1.95. The first-order valence-electron chi connectivity index (χ1n) is 9.21. The molecule has 1 aromatic carbocycles. The summed E-state index contributed by atoms with van der Waals surface area (Å²) in [5, 5.41) is 3.63. The van der Waals surface area contributed by atoms with Crippen LogP contribution in [0, 0.1) is 17.8 Å². The van der Waals surface area contributed by atoms with Gasteiger partial charge in [-0.2, -0.15) is 0 Å². The molecule has 0 bridgehead atoms. The zero-order valence-corrected chi connectivity index (χ0v) is 18.2. The largest absolute Gasteiger partial charge is 0.481 e. The van der Waals surface area contributed by atoms with Crippen molar-refractivity contribution in [3.05, 3.63) is 51.2 Å². The summed E-state index contributed by atoms with van der Waals surface area (Å²) >= 11 is 7.37. The number of amides is 1. The summed E-state index contributed by atoms with van der Waals surface area (Å²) in [5.74, 6) is 6.49. The number of carbonyl (C=O) groups is 2. The molecule has 29 heavy (non-hydrogen) atoms. The second-order valence-corrected chi connectivity index (χ2v) is 8.19. The van der Waals surface area contributed by atoms with E-state index in [1.165, 1.54) is 25.2 Å². The van der Waals surface area contributed by atoms with Crippen molar-refractivity contribution in [1.82, 2.24) is 5.32 Å². The highest BCUT2D eigenvalue weighted by atomic mass is 35.5. The lowest BCUT2D eigenvalue weighted by Crippen LogP contribution is -2.27. The number of thiophene rings is 1. The Morgan fingerprint density at radius 1 is 1.17 bits per heavy atom. The van der Waals surface area contributed by atoms with Crippen LogP contribution in [-0.4, -0.2) is 25.1 Å². The SMILES string of the molecule is CC(=O)NC(C[C@@H](C)COC(C)=O)c1ccc(C#CCOc2ccc(Cl)cc2)s1. The first kappa shape index (κ1) is 22.8. The van der Waals surface area contributed by atoms with Crippen LogP contribution in [0.1, 0.15) is 43.0 Å². The maximum absolute atomic E-state index is 11.6. The van der Waals surface area contributed by atoms with Crippen molar-refractivity contribution in [3.8, 4) is 17.6 Å². The van der Waals surface area contributed by atoms with E-state index in [1.807, 2.05) is 19.1 Å². The van der Waals surface area contributed by atoms with E-state index in [0.29, 0.717) is 23.8 Å². The van der Waals surface area contributed by atoms with E-state index in [2.05, 4.69) is 17.2 Å². The normalized spacial score (nSPS) is 12.3. The van der Waals surface area contributed by atoms with Crippen molar-refractivity contribution in [3.63, 3.8) is 0 Å². The molecule has 0 saturated carbocycles. The zero-order valence-electron chi connectivity index (χ0n) is 16.7. The minimum absolute atomic E-state index is 0.105. The quantitative estimate of drug-likeness (QED) is 0.488. The molecule has 0 fully saturated rings. The van der Waals surface area contributed by atoms with Gasteiger partial charge in [0.25, 0.3) is 0 Å². The van der Waals surface area contributed by atoms with Gasteiger partial charge < -0.3 is 14.8 Å². The molecule has 2 atom stereocenters. The molecule has 0 aliphatic rings. The molecule has 1 N–H and O–H groups in total. The number of rotatable bonds is 8. The van der Waals surface area contributed by atoms with E-state index in [1.54, 1.807) is 24.3 Å². The second-order valence-electron chi connectivity index (χ2n) is 6.64. The first-order valence-corrected chi connectivity index (χ1v) is 10.4. The van der Waals surface area contributed by atoms with E-state index >= 15 is 0 Å². The minimum atomic E-state index is -0.303. The van der Waals surface area contributed by atoms with Gasteiger partial charge in [-0.05, 0) is 48.7 Å². The molecule has 154 valence electrons. The summed E-state index contributed by atoms with van der Waals surface area (Å²) in [5.41, 5.74) is 0. The molecular formula is C22H24ClNO4S. The maximum atomic E-state index is 11.6. The Morgan fingerprint density at radius 3 is 2.55 bits per heavy atom. The summed E-state index contributed by atoms with van der Waals surface area (Å²) in [6.45, 7) is 5.46. The van der Waals surface area contributed by atoms with Crippen LogP contribution in [0.3, 0.4) is 0 Å². The fraction of sp³-hybridized carbons (Fsp3) is 0.364. The molecule has 0 saturated heterocycles. The Kier molecular flexibility index (Phi) is 9.04. The molecule has 0 radical (unpaired) electrons. The average molecular weight is 434 g/mol. The first-order chi connectivity index (χ1) is 13.8. The summed E-state index contributed by atoms with van der Waals surface area (Å²) < 4.78 is 10.6. The van der Waals surface area contributed by atoms with E-state index in [9.17, 15) is 9.59 Å². The fourth-order valence-corrected chi connectivity index (χ4v) is 3.68. The minimum Gasteiger partial charge on any atom is -0.481 e. The van der Waals surface area contributed by atoms with E-state index in [4.69, 9.17) is 21.1 Å². The van der Waals surface area contributed by atoms with Gasteiger partial charge in [0, 0.05) is 23.7 Å². The summed E-state index contributed by atoms with van der Waals surface area (Å²) in [7, 11) is 0. The van der Waals surface area contributed by atoms with Crippen molar-refractivity contribution >= 4 is 34.8 Å². The fourth-order valence-electron chi connectivity index (χ4n) is 2.60. The van der Waals surface area contributed by atoms with Gasteiger partial charge in [-0.3, -0.25) is 9.59 Å². The van der Waals surface area contributed by atoms with Crippen LogP contribution in [0.2, 0.25) is 5.02 Å². The van der Waals surface area contributed by atoms with Gasteiger partial charge >= 0.3 is 5.97 Å². The number of ether oxygens (including phenoxy) is 2. The van der Waals surface area contributed by atoms with Crippen LogP contribution in [-0.2, 0) is 14.3 Å². The molecular weight excluding hydrogens is 410 g/mol. The highest BCUT2D eigenvalue weighted by Crippen LogP contribution is 2.28. The molecule has 5 nitrogen and oxygen atoms in total. The molecule has 2 aromatic rings. The Labute approximate surface area is 180 Å². The van der Waals surface area contributed by atoms with Crippen LogP contribution >= 0.6 is 22.9 Å². The van der Waals surface area contributed by atoms with Gasteiger partial charge in [0.05, 0.1) is 17.5 Å². The van der Waals surface area contributed by atoms with E-state index in [0.717, 1.165) is 9.75 Å². The van der Waals surface area contributed by atoms with Crippen LogP contribution in [0.25, 0.3) is 0 Å². The topological polar surface area (TPSA) is 64.6 Å². The third kappa shape index (κ3) is 8.59. The molecule has 1 unspecified atom stereocenters. The summed E-state index contributed by atoms with van der Waals surface area (Å²) in [4.78, 5) is 24.5. The van der Waals surface area contributed by atoms with E-state index in [-0.39, 0.29) is 30.4 Å². The molecule has 0 aliphatic heterocycles. The average Bonchev–Trinajstić information content (AvgIpc) is 3.13. The van der Waals surface area contributed by atoms with Crippen LogP contribution in [0.4, 0.5) is 0 Å². The zero-order chi connectivity index (χ0) is 21.2. The second kappa shape index (κ2) is 11.5. The summed E-state index contributed by atoms with van der Waals surface area (Å²) in [6, 6.07) is 10.9. The number of carbonyl (C=O) groups excluding carboxylic acids is 2. The molecule has 0 aliphatic carbocycles. The van der Waals surface area contributed by atoms with Crippen molar-refractivity contribution in [2.75, 3.05) is 13.2 Å². The van der Waals surface area contributed by atoms with Gasteiger partial charge in [0.15, 0.2) is 0 Å². The van der Waals surface area contributed by atoms with E-state index < -0.39 is 0 Å².